The van der Waals surface area contributed by atoms with Crippen LogP contribution in [0.25, 0.3) is 17.1 Å². The summed E-state index contributed by atoms with van der Waals surface area (Å²) in [5.41, 5.74) is 2.46. The van der Waals surface area contributed by atoms with Crippen LogP contribution in [0.5, 0.6) is 0 Å². The highest BCUT2D eigenvalue weighted by molar-refractivity contribution is 5.94. The predicted molar refractivity (Wildman–Crippen MR) is 73.0 cm³/mol. The summed E-state index contributed by atoms with van der Waals surface area (Å²) in [4.78, 5) is 11.3. The highest BCUT2D eigenvalue weighted by atomic mass is 16.4. The lowest BCUT2D eigenvalue weighted by atomic mass is 10.2. The Balaban J connectivity index is 2.21. The second kappa shape index (κ2) is 4.70. The minimum Gasteiger partial charge on any atom is -0.478 e. The fraction of sp³-hybridized carbons (Fsp3) is 0.0667. The lowest BCUT2D eigenvalue weighted by Crippen LogP contribution is -2.02. The second-order valence-corrected chi connectivity index (χ2v) is 4.44. The van der Waals surface area contributed by atoms with E-state index in [0.29, 0.717) is 11.5 Å². The molecule has 0 aliphatic heterocycles. The van der Waals surface area contributed by atoms with Crippen molar-refractivity contribution in [3.05, 3.63) is 60.0 Å². The maximum atomic E-state index is 11.3. The van der Waals surface area contributed by atoms with E-state index in [9.17, 15) is 9.90 Å². The van der Waals surface area contributed by atoms with Gasteiger partial charge in [0.25, 0.3) is 0 Å². The number of aromatic carboxylic acids is 1. The van der Waals surface area contributed by atoms with E-state index in [0.717, 1.165) is 11.3 Å². The number of furan rings is 1. The molecular formula is C15H12N2O3. The monoisotopic (exact) mass is 268 g/mol. The Morgan fingerprint density at radius 2 is 2.00 bits per heavy atom. The third-order valence-corrected chi connectivity index (χ3v) is 3.03. The molecule has 0 saturated heterocycles. The van der Waals surface area contributed by atoms with Gasteiger partial charge in [-0.25, -0.2) is 9.48 Å². The Labute approximate surface area is 115 Å². The normalized spacial score (nSPS) is 10.7. The maximum absolute atomic E-state index is 11.3. The number of hydrogen-bond donors (Lipinski definition) is 1. The van der Waals surface area contributed by atoms with Crippen LogP contribution in [-0.2, 0) is 0 Å². The number of benzene rings is 1. The number of carboxylic acid groups (broad SMARTS) is 1. The van der Waals surface area contributed by atoms with E-state index >= 15 is 0 Å². The van der Waals surface area contributed by atoms with E-state index in [1.54, 1.807) is 16.8 Å². The molecular weight excluding hydrogens is 256 g/mol. The molecule has 0 spiro atoms. The lowest BCUT2D eigenvalue weighted by Gasteiger charge is -2.06. The summed E-state index contributed by atoms with van der Waals surface area (Å²) >= 11 is 0. The molecule has 0 saturated carbocycles. The number of carbonyl (C=O) groups is 1. The Kier molecular flexibility index (Phi) is 2.87. The third-order valence-electron chi connectivity index (χ3n) is 3.03. The van der Waals surface area contributed by atoms with Crippen LogP contribution >= 0.6 is 0 Å². The summed E-state index contributed by atoms with van der Waals surface area (Å²) in [5, 5.41) is 13.4. The van der Waals surface area contributed by atoms with Gasteiger partial charge in [-0.1, -0.05) is 17.7 Å². The molecule has 100 valence electrons. The smallest absolute Gasteiger partial charge is 0.339 e. The second-order valence-electron chi connectivity index (χ2n) is 4.44. The van der Waals surface area contributed by atoms with Gasteiger partial charge in [0.15, 0.2) is 5.76 Å². The molecule has 2 aromatic heterocycles. The van der Waals surface area contributed by atoms with Gasteiger partial charge in [0, 0.05) is 0 Å². The molecule has 5 heteroatoms. The molecule has 0 bridgehead atoms. The van der Waals surface area contributed by atoms with Gasteiger partial charge in [0.2, 0.25) is 0 Å². The van der Waals surface area contributed by atoms with E-state index in [1.165, 1.54) is 12.5 Å². The molecule has 0 aliphatic carbocycles. The van der Waals surface area contributed by atoms with Gasteiger partial charge < -0.3 is 9.52 Å². The lowest BCUT2D eigenvalue weighted by molar-refractivity contribution is 0.0697. The Morgan fingerprint density at radius 3 is 2.60 bits per heavy atom. The van der Waals surface area contributed by atoms with Crippen LogP contribution in [0.15, 0.2) is 53.3 Å². The SMILES string of the molecule is Cc1ccc(-n2ncc(C(=O)O)c2-c2ccco2)cc1. The molecule has 3 rings (SSSR count). The van der Waals surface area contributed by atoms with Crippen molar-refractivity contribution in [1.29, 1.82) is 0 Å². The predicted octanol–water partition coefficient (Wildman–Crippen LogP) is 3.14. The van der Waals surface area contributed by atoms with Crippen molar-refractivity contribution >= 4 is 5.97 Å². The summed E-state index contributed by atoms with van der Waals surface area (Å²) in [6, 6.07) is 11.1. The molecule has 1 aromatic carbocycles. The third kappa shape index (κ3) is 1.99. The van der Waals surface area contributed by atoms with Crippen LogP contribution in [0.2, 0.25) is 0 Å². The van der Waals surface area contributed by atoms with Crippen molar-refractivity contribution in [2.24, 2.45) is 0 Å². The number of hydrogen-bond acceptors (Lipinski definition) is 3. The zero-order valence-electron chi connectivity index (χ0n) is 10.8. The highest BCUT2D eigenvalue weighted by Crippen LogP contribution is 2.27. The number of nitrogens with zero attached hydrogens (tertiary/aromatic N) is 2. The molecule has 5 nitrogen and oxygen atoms in total. The van der Waals surface area contributed by atoms with Crippen molar-refractivity contribution < 1.29 is 14.3 Å². The minimum atomic E-state index is -1.03. The first-order chi connectivity index (χ1) is 9.66. The summed E-state index contributed by atoms with van der Waals surface area (Å²) in [6.07, 6.45) is 2.84. The first-order valence-electron chi connectivity index (χ1n) is 6.09. The summed E-state index contributed by atoms with van der Waals surface area (Å²) in [7, 11) is 0. The van der Waals surface area contributed by atoms with Gasteiger partial charge in [0.1, 0.15) is 11.3 Å². The van der Waals surface area contributed by atoms with E-state index in [-0.39, 0.29) is 5.56 Å². The van der Waals surface area contributed by atoms with Crippen LogP contribution in [0.4, 0.5) is 0 Å². The van der Waals surface area contributed by atoms with Crippen molar-refractivity contribution in [1.82, 2.24) is 9.78 Å². The van der Waals surface area contributed by atoms with Crippen molar-refractivity contribution in [3.8, 4) is 17.1 Å². The molecule has 1 N–H and O–H groups in total. The van der Waals surface area contributed by atoms with Crippen LogP contribution < -0.4 is 0 Å². The largest absolute Gasteiger partial charge is 0.478 e. The maximum Gasteiger partial charge on any atom is 0.339 e. The Bertz CT molecular complexity index is 740. The van der Waals surface area contributed by atoms with Gasteiger partial charge in [-0.2, -0.15) is 5.10 Å². The van der Waals surface area contributed by atoms with Crippen LogP contribution in [-0.4, -0.2) is 20.9 Å². The number of aromatic nitrogens is 2. The summed E-state index contributed by atoms with van der Waals surface area (Å²) < 4.78 is 6.90. The van der Waals surface area contributed by atoms with E-state index in [2.05, 4.69) is 5.10 Å². The van der Waals surface area contributed by atoms with E-state index < -0.39 is 5.97 Å². The summed E-state index contributed by atoms with van der Waals surface area (Å²) in [5.74, 6) is -0.560. The number of carboxylic acids is 1. The Morgan fingerprint density at radius 1 is 1.25 bits per heavy atom. The van der Waals surface area contributed by atoms with E-state index in [4.69, 9.17) is 4.42 Å². The van der Waals surface area contributed by atoms with E-state index in [1.807, 2.05) is 31.2 Å². The van der Waals surface area contributed by atoms with Gasteiger partial charge in [-0.05, 0) is 31.2 Å². The van der Waals surface area contributed by atoms with Crippen LogP contribution in [0.1, 0.15) is 15.9 Å². The zero-order chi connectivity index (χ0) is 14.1. The average molecular weight is 268 g/mol. The molecule has 2 heterocycles. The molecule has 0 atom stereocenters. The fourth-order valence-corrected chi connectivity index (χ4v) is 2.04. The van der Waals surface area contributed by atoms with Gasteiger partial charge in [-0.3, -0.25) is 0 Å². The first-order valence-corrected chi connectivity index (χ1v) is 6.09. The van der Waals surface area contributed by atoms with Crippen LogP contribution in [0.3, 0.4) is 0 Å². The van der Waals surface area contributed by atoms with Crippen molar-refractivity contribution in [2.45, 2.75) is 6.92 Å². The van der Waals surface area contributed by atoms with Gasteiger partial charge in [0.05, 0.1) is 18.1 Å². The van der Waals surface area contributed by atoms with Crippen molar-refractivity contribution in [3.63, 3.8) is 0 Å². The van der Waals surface area contributed by atoms with Gasteiger partial charge >= 0.3 is 5.97 Å². The average Bonchev–Trinajstić information content (AvgIpc) is 3.08. The number of aryl methyl sites for hydroxylation is 1. The summed E-state index contributed by atoms with van der Waals surface area (Å²) in [6.45, 7) is 1.99. The number of rotatable bonds is 3. The first kappa shape index (κ1) is 12.2. The topological polar surface area (TPSA) is 68.3 Å². The molecule has 0 amide bonds. The van der Waals surface area contributed by atoms with Crippen molar-refractivity contribution in [2.75, 3.05) is 0 Å². The molecule has 0 unspecified atom stereocenters. The molecule has 3 aromatic rings. The molecule has 0 aliphatic rings. The fourth-order valence-electron chi connectivity index (χ4n) is 2.04. The standard InChI is InChI=1S/C15H12N2O3/c1-10-4-6-11(7-5-10)17-14(13-3-2-8-20-13)12(9-16-17)15(18)19/h2-9H,1H3,(H,18,19). The molecule has 0 fully saturated rings. The van der Waals surface area contributed by atoms with Crippen LogP contribution in [0, 0.1) is 6.92 Å². The zero-order valence-corrected chi connectivity index (χ0v) is 10.8. The van der Waals surface area contributed by atoms with Gasteiger partial charge in [-0.15, -0.1) is 0 Å². The highest BCUT2D eigenvalue weighted by Gasteiger charge is 2.21. The molecule has 0 radical (unpaired) electrons. The minimum absolute atomic E-state index is 0.112. The quantitative estimate of drug-likeness (QED) is 0.792. The molecule has 20 heavy (non-hydrogen) atoms. The Hall–Kier alpha value is -2.82.